The summed E-state index contributed by atoms with van der Waals surface area (Å²) in [5, 5.41) is 9.69. The predicted octanol–water partition coefficient (Wildman–Crippen LogP) is 2.85. The first-order valence-electron chi connectivity index (χ1n) is 9.27. The molecule has 29 heavy (non-hydrogen) atoms. The first kappa shape index (κ1) is 20.0. The number of benzene rings is 2. The molecule has 1 heterocycles. The smallest absolute Gasteiger partial charge is 0.280 e. The van der Waals surface area contributed by atoms with Crippen LogP contribution in [0.5, 0.6) is 0 Å². The van der Waals surface area contributed by atoms with E-state index in [0.717, 1.165) is 11.3 Å². The highest BCUT2D eigenvalue weighted by atomic mass is 16.2. The summed E-state index contributed by atoms with van der Waals surface area (Å²) in [5.41, 5.74) is 2.31. The lowest BCUT2D eigenvalue weighted by atomic mass is 10.1. The van der Waals surface area contributed by atoms with Gasteiger partial charge in [-0.2, -0.15) is 5.10 Å². The minimum absolute atomic E-state index is 0.220. The molecule has 3 rings (SSSR count). The van der Waals surface area contributed by atoms with E-state index in [2.05, 4.69) is 15.7 Å². The fourth-order valence-corrected chi connectivity index (χ4v) is 2.88. The molecule has 2 N–H and O–H groups in total. The topological polar surface area (TPSA) is 93.1 Å². The third kappa shape index (κ3) is 4.40. The Morgan fingerprint density at radius 1 is 1.00 bits per heavy atom. The largest absolute Gasteiger partial charge is 0.352 e. The van der Waals surface area contributed by atoms with Gasteiger partial charge in [-0.25, -0.2) is 4.68 Å². The van der Waals surface area contributed by atoms with E-state index in [-0.39, 0.29) is 11.6 Å². The van der Waals surface area contributed by atoms with E-state index in [1.54, 1.807) is 29.8 Å². The van der Waals surface area contributed by atoms with Crippen LogP contribution in [0.1, 0.15) is 39.0 Å². The van der Waals surface area contributed by atoms with Crippen molar-refractivity contribution in [2.45, 2.75) is 20.8 Å². The SMILES string of the molecule is CCNC(=O)c1ccc(C)c(NC(=O)c2nn(-c3ccccc3)c(C)cc2=O)c1. The van der Waals surface area contributed by atoms with Gasteiger partial charge >= 0.3 is 0 Å². The number of carbonyl (C=O) groups excluding carboxylic acids is 2. The number of rotatable bonds is 5. The molecule has 148 valence electrons. The molecule has 0 aliphatic rings. The van der Waals surface area contributed by atoms with E-state index >= 15 is 0 Å². The molecule has 0 aliphatic carbocycles. The molecule has 2 aromatic carbocycles. The molecule has 7 nitrogen and oxygen atoms in total. The summed E-state index contributed by atoms with van der Waals surface area (Å²) < 4.78 is 1.55. The molecular formula is C22H22N4O3. The quantitative estimate of drug-likeness (QED) is 0.701. The van der Waals surface area contributed by atoms with Crippen LogP contribution in [0.25, 0.3) is 5.69 Å². The predicted molar refractivity (Wildman–Crippen MR) is 112 cm³/mol. The van der Waals surface area contributed by atoms with Crippen LogP contribution in [-0.2, 0) is 0 Å². The number of hydrogen-bond acceptors (Lipinski definition) is 4. The zero-order valence-electron chi connectivity index (χ0n) is 16.5. The summed E-state index contributed by atoms with van der Waals surface area (Å²) >= 11 is 0. The van der Waals surface area contributed by atoms with Gasteiger partial charge in [-0.15, -0.1) is 0 Å². The van der Waals surface area contributed by atoms with Crippen LogP contribution in [-0.4, -0.2) is 28.1 Å². The molecule has 3 aromatic rings. The molecule has 0 fully saturated rings. The number of nitrogens with zero attached hydrogens (tertiary/aromatic N) is 2. The van der Waals surface area contributed by atoms with Gasteiger partial charge in [0, 0.05) is 29.6 Å². The van der Waals surface area contributed by atoms with E-state index in [1.165, 1.54) is 6.07 Å². The van der Waals surface area contributed by atoms with E-state index < -0.39 is 11.3 Å². The van der Waals surface area contributed by atoms with Crippen LogP contribution in [0.4, 0.5) is 5.69 Å². The molecule has 0 atom stereocenters. The lowest BCUT2D eigenvalue weighted by Gasteiger charge is -2.13. The van der Waals surface area contributed by atoms with Gasteiger partial charge in [0.1, 0.15) is 0 Å². The molecule has 0 aliphatic heterocycles. The minimum atomic E-state index is -0.629. The van der Waals surface area contributed by atoms with Gasteiger partial charge in [-0.1, -0.05) is 24.3 Å². The highest BCUT2D eigenvalue weighted by Crippen LogP contribution is 2.18. The Bertz CT molecular complexity index is 1120. The zero-order chi connectivity index (χ0) is 21.0. The Labute approximate surface area is 168 Å². The Kier molecular flexibility index (Phi) is 5.87. The van der Waals surface area contributed by atoms with Crippen molar-refractivity contribution in [2.75, 3.05) is 11.9 Å². The number of anilines is 1. The van der Waals surface area contributed by atoms with Crippen LogP contribution >= 0.6 is 0 Å². The van der Waals surface area contributed by atoms with Gasteiger partial charge in [0.05, 0.1) is 5.69 Å². The second-order valence-electron chi connectivity index (χ2n) is 6.59. The van der Waals surface area contributed by atoms with Crippen molar-refractivity contribution in [1.29, 1.82) is 0 Å². The standard InChI is InChI=1S/C22H22N4O3/c1-4-23-21(28)16-11-10-14(2)18(13-16)24-22(29)20-19(27)12-15(3)26(25-20)17-8-6-5-7-9-17/h5-13H,4H2,1-3H3,(H,23,28)(H,24,29). The van der Waals surface area contributed by atoms with Gasteiger partial charge in [-0.05, 0) is 50.6 Å². The van der Waals surface area contributed by atoms with Crippen LogP contribution < -0.4 is 16.1 Å². The van der Waals surface area contributed by atoms with Crippen molar-refractivity contribution in [1.82, 2.24) is 15.1 Å². The Morgan fingerprint density at radius 3 is 2.41 bits per heavy atom. The average Bonchev–Trinajstić information content (AvgIpc) is 2.70. The first-order valence-corrected chi connectivity index (χ1v) is 9.27. The fourth-order valence-electron chi connectivity index (χ4n) is 2.88. The van der Waals surface area contributed by atoms with Gasteiger partial charge in [0.25, 0.3) is 11.8 Å². The number of aryl methyl sites for hydroxylation is 2. The van der Waals surface area contributed by atoms with Crippen molar-refractivity contribution in [2.24, 2.45) is 0 Å². The van der Waals surface area contributed by atoms with Crippen molar-refractivity contribution < 1.29 is 9.59 Å². The summed E-state index contributed by atoms with van der Waals surface area (Å²) in [6.45, 7) is 5.89. The highest BCUT2D eigenvalue weighted by Gasteiger charge is 2.17. The molecule has 1 aromatic heterocycles. The summed E-state index contributed by atoms with van der Waals surface area (Å²) in [4.78, 5) is 37.3. The monoisotopic (exact) mass is 390 g/mol. The number of para-hydroxylation sites is 1. The molecule has 0 radical (unpaired) electrons. The molecule has 7 heteroatoms. The number of carbonyl (C=O) groups is 2. The second-order valence-corrected chi connectivity index (χ2v) is 6.59. The van der Waals surface area contributed by atoms with Crippen LogP contribution in [0.3, 0.4) is 0 Å². The van der Waals surface area contributed by atoms with Gasteiger partial charge in [0.15, 0.2) is 5.69 Å². The molecule has 0 saturated heterocycles. The van der Waals surface area contributed by atoms with Crippen molar-refractivity contribution in [3.05, 3.63) is 87.3 Å². The number of nitrogens with one attached hydrogen (secondary N) is 2. The van der Waals surface area contributed by atoms with E-state index in [9.17, 15) is 14.4 Å². The Balaban J connectivity index is 1.95. The summed E-state index contributed by atoms with van der Waals surface area (Å²) in [7, 11) is 0. The van der Waals surface area contributed by atoms with Crippen LogP contribution in [0, 0.1) is 13.8 Å². The molecular weight excluding hydrogens is 368 g/mol. The zero-order valence-corrected chi connectivity index (χ0v) is 16.5. The molecule has 0 bridgehead atoms. The first-order chi connectivity index (χ1) is 13.9. The summed E-state index contributed by atoms with van der Waals surface area (Å²) in [5.74, 6) is -0.862. The lowest BCUT2D eigenvalue weighted by molar-refractivity contribution is 0.0954. The van der Waals surface area contributed by atoms with E-state index in [1.807, 2.05) is 44.2 Å². The molecule has 0 spiro atoms. The number of amides is 2. The Morgan fingerprint density at radius 2 is 1.72 bits per heavy atom. The van der Waals surface area contributed by atoms with Gasteiger partial charge in [-0.3, -0.25) is 14.4 Å². The van der Waals surface area contributed by atoms with Gasteiger partial charge < -0.3 is 10.6 Å². The molecule has 0 unspecified atom stereocenters. The normalized spacial score (nSPS) is 10.4. The third-order valence-electron chi connectivity index (χ3n) is 4.41. The fraction of sp³-hybridized carbons (Fsp3) is 0.182. The van der Waals surface area contributed by atoms with Crippen molar-refractivity contribution in [3.63, 3.8) is 0 Å². The maximum absolute atomic E-state index is 12.8. The summed E-state index contributed by atoms with van der Waals surface area (Å²) in [6.07, 6.45) is 0. The van der Waals surface area contributed by atoms with Crippen LogP contribution in [0.2, 0.25) is 0 Å². The van der Waals surface area contributed by atoms with E-state index in [0.29, 0.717) is 23.5 Å². The minimum Gasteiger partial charge on any atom is -0.352 e. The number of hydrogen-bond donors (Lipinski definition) is 2. The second kappa shape index (κ2) is 8.52. The molecule has 0 saturated carbocycles. The van der Waals surface area contributed by atoms with Crippen molar-refractivity contribution >= 4 is 17.5 Å². The lowest BCUT2D eigenvalue weighted by Crippen LogP contribution is -2.27. The molecule has 2 amide bonds. The van der Waals surface area contributed by atoms with E-state index in [4.69, 9.17) is 0 Å². The van der Waals surface area contributed by atoms with Crippen LogP contribution in [0.15, 0.2) is 59.4 Å². The van der Waals surface area contributed by atoms with Gasteiger partial charge in [0.2, 0.25) is 5.43 Å². The highest BCUT2D eigenvalue weighted by molar-refractivity contribution is 6.04. The maximum atomic E-state index is 12.8. The third-order valence-corrected chi connectivity index (χ3v) is 4.41. The Hall–Kier alpha value is -3.74. The van der Waals surface area contributed by atoms with Crippen molar-refractivity contribution in [3.8, 4) is 5.69 Å². The summed E-state index contributed by atoms with van der Waals surface area (Å²) in [6, 6.07) is 15.6. The number of aromatic nitrogens is 2. The average molecular weight is 390 g/mol. The maximum Gasteiger partial charge on any atom is 0.280 e.